The van der Waals surface area contributed by atoms with E-state index in [0.717, 1.165) is 11.4 Å². The van der Waals surface area contributed by atoms with E-state index >= 15 is 0 Å². The van der Waals surface area contributed by atoms with Gasteiger partial charge in [0.05, 0.1) is 5.25 Å². The number of nitrogens with one attached hydrogen (secondary N) is 2. The first-order valence-electron chi connectivity index (χ1n) is 7.70. The lowest BCUT2D eigenvalue weighted by Gasteiger charge is -2.12. The van der Waals surface area contributed by atoms with Crippen molar-refractivity contribution in [1.29, 1.82) is 0 Å². The summed E-state index contributed by atoms with van der Waals surface area (Å²) in [5.41, 5.74) is 1.15. The van der Waals surface area contributed by atoms with E-state index in [4.69, 9.17) is 0 Å². The van der Waals surface area contributed by atoms with Gasteiger partial charge in [-0.1, -0.05) is 42.1 Å². The zero-order valence-corrected chi connectivity index (χ0v) is 14.8. The molecule has 7 nitrogen and oxygen atoms in total. The lowest BCUT2D eigenvalue weighted by atomic mass is 10.1. The molecule has 1 aromatic heterocycles. The maximum absolute atomic E-state index is 12.0. The van der Waals surface area contributed by atoms with E-state index in [2.05, 4.69) is 20.8 Å². The summed E-state index contributed by atoms with van der Waals surface area (Å²) in [6.45, 7) is 4.45. The van der Waals surface area contributed by atoms with E-state index in [0.29, 0.717) is 18.1 Å². The number of carbonyl (C=O) groups excluding carboxylic acids is 2. The molecule has 0 radical (unpaired) electrons. The van der Waals surface area contributed by atoms with Gasteiger partial charge in [-0.15, -0.1) is 10.2 Å². The van der Waals surface area contributed by atoms with Gasteiger partial charge in [-0.25, -0.2) is 4.79 Å². The number of urea groups is 1. The second kappa shape index (κ2) is 8.49. The Morgan fingerprint density at radius 3 is 2.58 bits per heavy atom. The van der Waals surface area contributed by atoms with Crippen LogP contribution in [0.3, 0.4) is 0 Å². The Labute approximate surface area is 145 Å². The summed E-state index contributed by atoms with van der Waals surface area (Å²) in [5.74, 6) is 0.486. The fraction of sp³-hybridized carbons (Fsp3) is 0.375. The molecule has 0 aliphatic carbocycles. The van der Waals surface area contributed by atoms with Gasteiger partial charge in [-0.3, -0.25) is 10.1 Å². The van der Waals surface area contributed by atoms with Crippen LogP contribution in [0.1, 0.15) is 25.2 Å². The molecule has 2 rings (SSSR count). The van der Waals surface area contributed by atoms with Crippen molar-refractivity contribution in [3.05, 3.63) is 41.7 Å². The van der Waals surface area contributed by atoms with Crippen molar-refractivity contribution in [2.24, 2.45) is 0 Å². The second-order valence-corrected chi connectivity index (χ2v) is 6.44. The minimum atomic E-state index is -0.519. The standard InChI is InChI=1S/C16H21N5O2S/c1-4-21-13(10-12-8-6-5-7-9-12)19-20-16(21)24-11(2)14(22)18-15(23)17-3/h5-9,11H,4,10H2,1-3H3,(H2,17,18,22,23)/t11-/m1/s1. The van der Waals surface area contributed by atoms with Crippen LogP contribution in [0.15, 0.2) is 35.5 Å². The minimum absolute atomic E-state index is 0.366. The summed E-state index contributed by atoms with van der Waals surface area (Å²) in [7, 11) is 1.46. The number of rotatable bonds is 6. The Morgan fingerprint density at radius 1 is 1.25 bits per heavy atom. The third-order valence-electron chi connectivity index (χ3n) is 3.43. The molecule has 0 saturated heterocycles. The monoisotopic (exact) mass is 347 g/mol. The van der Waals surface area contributed by atoms with Gasteiger partial charge in [0.2, 0.25) is 5.91 Å². The molecule has 1 atom stereocenters. The summed E-state index contributed by atoms with van der Waals surface area (Å²) < 4.78 is 1.99. The van der Waals surface area contributed by atoms with Crippen molar-refractivity contribution >= 4 is 23.7 Å². The van der Waals surface area contributed by atoms with E-state index in [9.17, 15) is 9.59 Å². The third-order valence-corrected chi connectivity index (χ3v) is 4.51. The molecule has 8 heteroatoms. The lowest BCUT2D eigenvalue weighted by Crippen LogP contribution is -2.41. The van der Waals surface area contributed by atoms with Crippen molar-refractivity contribution in [1.82, 2.24) is 25.4 Å². The van der Waals surface area contributed by atoms with Gasteiger partial charge in [0, 0.05) is 20.0 Å². The topological polar surface area (TPSA) is 88.9 Å². The van der Waals surface area contributed by atoms with Crippen LogP contribution in [-0.2, 0) is 17.8 Å². The molecule has 24 heavy (non-hydrogen) atoms. The van der Waals surface area contributed by atoms with E-state index < -0.39 is 11.3 Å². The van der Waals surface area contributed by atoms with Crippen molar-refractivity contribution in [3.63, 3.8) is 0 Å². The molecule has 0 spiro atoms. The minimum Gasteiger partial charge on any atom is -0.341 e. The molecular formula is C16H21N5O2S. The van der Waals surface area contributed by atoms with Gasteiger partial charge < -0.3 is 9.88 Å². The fourth-order valence-corrected chi connectivity index (χ4v) is 3.05. The third kappa shape index (κ3) is 4.58. The number of hydrogen-bond donors (Lipinski definition) is 2. The molecule has 0 aliphatic rings. The molecule has 0 fully saturated rings. The van der Waals surface area contributed by atoms with Crippen LogP contribution < -0.4 is 10.6 Å². The Balaban J connectivity index is 2.08. The highest BCUT2D eigenvalue weighted by molar-refractivity contribution is 8.00. The first kappa shape index (κ1) is 18.0. The SMILES string of the molecule is CCn1c(Cc2ccccc2)nnc1S[C@H](C)C(=O)NC(=O)NC. The number of amides is 3. The van der Waals surface area contributed by atoms with E-state index in [1.807, 2.05) is 41.8 Å². The number of imide groups is 1. The van der Waals surface area contributed by atoms with Crippen LogP contribution in [0.4, 0.5) is 4.79 Å². The molecule has 0 unspecified atom stereocenters. The summed E-state index contributed by atoms with van der Waals surface area (Å²) in [5, 5.41) is 13.3. The molecule has 3 amide bonds. The molecule has 128 valence electrons. The molecule has 0 bridgehead atoms. The average molecular weight is 347 g/mol. The maximum atomic E-state index is 12.0. The highest BCUT2D eigenvalue weighted by atomic mass is 32.2. The summed E-state index contributed by atoms with van der Waals surface area (Å²) in [6.07, 6.45) is 0.682. The van der Waals surface area contributed by atoms with Gasteiger partial charge in [-0.05, 0) is 19.4 Å². The molecular weight excluding hydrogens is 326 g/mol. The van der Waals surface area contributed by atoms with Gasteiger partial charge >= 0.3 is 6.03 Å². The predicted molar refractivity (Wildman–Crippen MR) is 92.9 cm³/mol. The predicted octanol–water partition coefficient (Wildman–Crippen LogP) is 1.82. The first-order chi connectivity index (χ1) is 11.5. The van der Waals surface area contributed by atoms with Crippen LogP contribution in [0.25, 0.3) is 0 Å². The second-order valence-electron chi connectivity index (χ2n) is 5.13. The quantitative estimate of drug-likeness (QED) is 0.778. The van der Waals surface area contributed by atoms with Crippen LogP contribution in [0, 0.1) is 0 Å². The van der Waals surface area contributed by atoms with Crippen molar-refractivity contribution in [3.8, 4) is 0 Å². The van der Waals surface area contributed by atoms with Crippen molar-refractivity contribution in [2.75, 3.05) is 7.05 Å². The Kier molecular flexibility index (Phi) is 6.36. The van der Waals surface area contributed by atoms with Crippen molar-refractivity contribution < 1.29 is 9.59 Å². The Bertz CT molecular complexity index is 702. The van der Waals surface area contributed by atoms with Crippen LogP contribution >= 0.6 is 11.8 Å². The van der Waals surface area contributed by atoms with Gasteiger partial charge in [0.25, 0.3) is 0 Å². The number of thioether (sulfide) groups is 1. The van der Waals surface area contributed by atoms with Crippen molar-refractivity contribution in [2.45, 2.75) is 37.2 Å². The van der Waals surface area contributed by atoms with Crippen LogP contribution in [0.5, 0.6) is 0 Å². The van der Waals surface area contributed by atoms with E-state index in [1.165, 1.54) is 18.8 Å². The maximum Gasteiger partial charge on any atom is 0.321 e. The summed E-state index contributed by atoms with van der Waals surface area (Å²) >= 11 is 1.28. The Hall–Kier alpha value is -2.35. The fourth-order valence-electron chi connectivity index (χ4n) is 2.12. The lowest BCUT2D eigenvalue weighted by molar-refractivity contribution is -0.119. The number of nitrogens with zero attached hydrogens (tertiary/aromatic N) is 3. The Morgan fingerprint density at radius 2 is 1.96 bits per heavy atom. The summed E-state index contributed by atoms with van der Waals surface area (Å²) in [4.78, 5) is 23.2. The first-order valence-corrected chi connectivity index (χ1v) is 8.58. The smallest absolute Gasteiger partial charge is 0.321 e. The molecule has 2 N–H and O–H groups in total. The van der Waals surface area contributed by atoms with E-state index in [-0.39, 0.29) is 5.91 Å². The molecule has 0 saturated carbocycles. The number of hydrogen-bond acceptors (Lipinski definition) is 5. The zero-order valence-electron chi connectivity index (χ0n) is 13.9. The van der Waals surface area contributed by atoms with Gasteiger partial charge in [-0.2, -0.15) is 0 Å². The zero-order chi connectivity index (χ0) is 17.5. The molecule has 2 aromatic rings. The number of aromatic nitrogens is 3. The highest BCUT2D eigenvalue weighted by Gasteiger charge is 2.20. The average Bonchev–Trinajstić information content (AvgIpc) is 2.96. The normalized spacial score (nSPS) is 11.8. The number of benzene rings is 1. The molecule has 1 heterocycles. The van der Waals surface area contributed by atoms with Crippen LogP contribution in [-0.4, -0.2) is 39.0 Å². The number of carbonyl (C=O) groups is 2. The molecule has 0 aliphatic heterocycles. The van der Waals surface area contributed by atoms with Gasteiger partial charge in [0.15, 0.2) is 5.16 Å². The van der Waals surface area contributed by atoms with Gasteiger partial charge in [0.1, 0.15) is 5.82 Å². The van der Waals surface area contributed by atoms with E-state index in [1.54, 1.807) is 6.92 Å². The highest BCUT2D eigenvalue weighted by Crippen LogP contribution is 2.23. The largest absolute Gasteiger partial charge is 0.341 e. The summed E-state index contributed by atoms with van der Waals surface area (Å²) in [6, 6.07) is 9.52. The van der Waals surface area contributed by atoms with Crippen LogP contribution in [0.2, 0.25) is 0 Å². The molecule has 1 aromatic carbocycles.